The van der Waals surface area contributed by atoms with Crippen LogP contribution in [-0.2, 0) is 4.79 Å². The molecule has 0 saturated carbocycles. The van der Waals surface area contributed by atoms with Crippen molar-refractivity contribution in [2.75, 3.05) is 26.2 Å². The zero-order chi connectivity index (χ0) is 22.9. The maximum atomic E-state index is 9.14. The third-order valence-electron chi connectivity index (χ3n) is 6.11. The minimum Gasteiger partial charge on any atom is -0.545 e. The Hall–Kier alpha value is -0.830. The van der Waals surface area contributed by atoms with Crippen molar-refractivity contribution in [2.24, 2.45) is 0 Å². The molecule has 0 rings (SSSR count). The molecule has 0 saturated heterocycles. The van der Waals surface area contributed by atoms with E-state index in [4.69, 9.17) is 9.90 Å². The molecular formula is C27H55NO2. The van der Waals surface area contributed by atoms with E-state index in [1.807, 2.05) is 0 Å². The van der Waals surface area contributed by atoms with Crippen LogP contribution in [0.2, 0.25) is 0 Å². The van der Waals surface area contributed by atoms with Gasteiger partial charge in [-0.3, -0.25) is 0 Å². The number of rotatable bonds is 21. The molecule has 0 aromatic carbocycles. The highest BCUT2D eigenvalue weighted by molar-refractivity contribution is 5.76. The van der Waals surface area contributed by atoms with Crippen molar-refractivity contribution < 1.29 is 14.4 Å². The molecule has 0 aliphatic heterocycles. The van der Waals surface area contributed by atoms with Crippen LogP contribution in [0.25, 0.3) is 0 Å². The van der Waals surface area contributed by atoms with E-state index in [0.29, 0.717) is 0 Å². The Kier molecular flexibility index (Phi) is 25.5. The third kappa shape index (κ3) is 21.9. The second-order valence-electron chi connectivity index (χ2n) is 9.00. The summed E-state index contributed by atoms with van der Waals surface area (Å²) in [6, 6.07) is 0. The number of carbonyl (C=O) groups is 1. The summed E-state index contributed by atoms with van der Waals surface area (Å²) >= 11 is 0. The molecule has 0 heterocycles. The molecule has 0 aliphatic carbocycles. The maximum Gasteiger partial charge on any atom is 0.0786 e. The molecule has 0 fully saturated rings. The average Bonchev–Trinajstić information content (AvgIpc) is 2.75. The Morgan fingerprint density at radius 1 is 0.600 bits per heavy atom. The van der Waals surface area contributed by atoms with Crippen LogP contribution in [0.4, 0.5) is 0 Å². The monoisotopic (exact) mass is 425 g/mol. The van der Waals surface area contributed by atoms with Crippen molar-refractivity contribution in [3.63, 3.8) is 0 Å². The minimum atomic E-state index is -1.23. The molecule has 0 atom stereocenters. The van der Waals surface area contributed by atoms with Crippen molar-refractivity contribution in [3.8, 4) is 0 Å². The van der Waals surface area contributed by atoms with Crippen LogP contribution >= 0.6 is 0 Å². The quantitative estimate of drug-likeness (QED) is 0.112. The lowest BCUT2D eigenvalue weighted by Gasteiger charge is -2.39. The van der Waals surface area contributed by atoms with Crippen molar-refractivity contribution in [1.82, 2.24) is 0 Å². The summed E-state index contributed by atoms with van der Waals surface area (Å²) in [6.07, 6.45) is 23.6. The van der Waals surface area contributed by atoms with Crippen LogP contribution in [0, 0.1) is 0 Å². The number of carboxylic acid groups (broad SMARTS) is 1. The molecule has 30 heavy (non-hydrogen) atoms. The van der Waals surface area contributed by atoms with Crippen molar-refractivity contribution in [1.29, 1.82) is 0 Å². The van der Waals surface area contributed by atoms with E-state index in [2.05, 4.69) is 34.3 Å². The smallest absolute Gasteiger partial charge is 0.0786 e. The van der Waals surface area contributed by atoms with Crippen LogP contribution in [-0.4, -0.2) is 36.6 Å². The third-order valence-corrected chi connectivity index (χ3v) is 6.11. The molecule has 0 N–H and O–H groups in total. The predicted molar refractivity (Wildman–Crippen MR) is 132 cm³/mol. The highest BCUT2D eigenvalue weighted by atomic mass is 16.4. The molecule has 180 valence electrons. The molecule has 0 bridgehead atoms. The summed E-state index contributed by atoms with van der Waals surface area (Å²) in [4.78, 5) is 9.14. The first-order valence-corrected chi connectivity index (χ1v) is 13.2. The number of quaternary nitrogens is 1. The van der Waals surface area contributed by atoms with E-state index in [-0.39, 0.29) is 0 Å². The van der Waals surface area contributed by atoms with Gasteiger partial charge in [0.1, 0.15) is 0 Å². The van der Waals surface area contributed by atoms with Crippen LogP contribution in [0.5, 0.6) is 0 Å². The number of unbranched alkanes of at least 4 members (excludes halogenated alkanes) is 12. The second-order valence-corrected chi connectivity index (χ2v) is 9.00. The molecular weight excluding hydrogens is 370 g/mol. The summed E-state index contributed by atoms with van der Waals surface area (Å²) in [6.45, 7) is 18.1. The van der Waals surface area contributed by atoms with Gasteiger partial charge in [-0.25, -0.2) is 0 Å². The fourth-order valence-corrected chi connectivity index (χ4v) is 4.17. The largest absolute Gasteiger partial charge is 0.545 e. The SMILES string of the molecule is C=CC(=O)[O-].CCCCCC[N+](CCCCCC)(CCCCCC)CCCCCC. The molecule has 0 amide bonds. The van der Waals surface area contributed by atoms with Gasteiger partial charge in [0.15, 0.2) is 0 Å². The predicted octanol–water partition coefficient (Wildman–Crippen LogP) is 7.05. The normalized spacial score (nSPS) is 11.1. The number of carbonyl (C=O) groups excluding carboxylic acids is 1. The van der Waals surface area contributed by atoms with Crippen LogP contribution in [0.15, 0.2) is 12.7 Å². The van der Waals surface area contributed by atoms with Crippen molar-refractivity contribution >= 4 is 5.97 Å². The molecule has 0 aliphatic rings. The first-order valence-electron chi connectivity index (χ1n) is 13.2. The maximum absolute atomic E-state index is 9.14. The summed E-state index contributed by atoms with van der Waals surface area (Å²) in [5, 5.41) is 9.14. The van der Waals surface area contributed by atoms with Gasteiger partial charge in [0.25, 0.3) is 0 Å². The lowest BCUT2D eigenvalue weighted by atomic mass is 10.1. The van der Waals surface area contributed by atoms with E-state index in [9.17, 15) is 0 Å². The Balaban J connectivity index is 0. The second kappa shape index (κ2) is 24.4. The first-order chi connectivity index (χ1) is 14.5. The Morgan fingerprint density at radius 2 is 0.833 bits per heavy atom. The van der Waals surface area contributed by atoms with Gasteiger partial charge >= 0.3 is 0 Å². The van der Waals surface area contributed by atoms with E-state index < -0.39 is 5.97 Å². The zero-order valence-corrected chi connectivity index (χ0v) is 21.2. The highest BCUT2D eigenvalue weighted by Gasteiger charge is 2.25. The van der Waals surface area contributed by atoms with Gasteiger partial charge in [0, 0.05) is 0 Å². The fraction of sp³-hybridized carbons (Fsp3) is 0.889. The van der Waals surface area contributed by atoms with E-state index in [1.54, 1.807) is 0 Å². The van der Waals surface area contributed by atoms with E-state index >= 15 is 0 Å². The Labute approximate surface area is 189 Å². The minimum absolute atomic E-state index is 0.722. The standard InChI is InChI=1S/C24H52N.C3H4O2/c1-5-9-13-17-21-25(22-18-14-10-6-2,23-19-15-11-7-3)24-20-16-12-8-4;1-2-3(4)5/h5-24H2,1-4H3;2H,1H2,(H,4,5)/q+1;/p-1. The average molecular weight is 426 g/mol. The number of hydrogen-bond donors (Lipinski definition) is 0. The highest BCUT2D eigenvalue weighted by Crippen LogP contribution is 2.19. The van der Waals surface area contributed by atoms with Gasteiger partial charge in [0.05, 0.1) is 32.1 Å². The number of carboxylic acids is 1. The van der Waals surface area contributed by atoms with Gasteiger partial charge < -0.3 is 14.4 Å². The van der Waals surface area contributed by atoms with Gasteiger partial charge in [-0.15, -0.1) is 0 Å². The van der Waals surface area contributed by atoms with Crippen LogP contribution in [0.1, 0.15) is 130 Å². The summed E-state index contributed by atoms with van der Waals surface area (Å²) in [7, 11) is 0. The van der Waals surface area contributed by atoms with Crippen molar-refractivity contribution in [2.45, 2.75) is 130 Å². The zero-order valence-electron chi connectivity index (χ0n) is 21.2. The lowest BCUT2D eigenvalue weighted by molar-refractivity contribution is -0.929. The molecule has 3 heteroatoms. The topological polar surface area (TPSA) is 40.1 Å². The van der Waals surface area contributed by atoms with Gasteiger partial charge in [-0.05, 0) is 57.4 Å². The molecule has 0 aromatic heterocycles. The number of aliphatic carboxylic acids is 1. The van der Waals surface area contributed by atoms with Gasteiger partial charge in [-0.2, -0.15) is 0 Å². The molecule has 0 radical (unpaired) electrons. The van der Waals surface area contributed by atoms with Gasteiger partial charge in [0.2, 0.25) is 0 Å². The summed E-state index contributed by atoms with van der Waals surface area (Å²) in [5.41, 5.74) is 0. The number of nitrogens with zero attached hydrogens (tertiary/aromatic N) is 1. The van der Waals surface area contributed by atoms with E-state index in [1.165, 1.54) is 133 Å². The van der Waals surface area contributed by atoms with Gasteiger partial charge in [-0.1, -0.05) is 85.6 Å². The lowest BCUT2D eigenvalue weighted by Crippen LogP contribution is -2.50. The molecule has 0 aromatic rings. The molecule has 0 unspecified atom stereocenters. The van der Waals surface area contributed by atoms with Crippen molar-refractivity contribution in [3.05, 3.63) is 12.7 Å². The molecule has 3 nitrogen and oxygen atoms in total. The summed E-state index contributed by atoms with van der Waals surface area (Å²) in [5.74, 6) is -1.23. The number of hydrogen-bond acceptors (Lipinski definition) is 2. The Bertz CT molecular complexity index is 314. The summed E-state index contributed by atoms with van der Waals surface area (Å²) < 4.78 is 1.46. The van der Waals surface area contributed by atoms with E-state index in [0.717, 1.165) is 6.08 Å². The fourth-order valence-electron chi connectivity index (χ4n) is 4.17. The van der Waals surface area contributed by atoms with Crippen LogP contribution in [0.3, 0.4) is 0 Å². The Morgan fingerprint density at radius 3 is 1.00 bits per heavy atom. The molecule has 0 spiro atoms. The first kappa shape index (κ1) is 31.4. The van der Waals surface area contributed by atoms with Crippen LogP contribution < -0.4 is 5.11 Å².